The van der Waals surface area contributed by atoms with Crippen LogP contribution in [0.3, 0.4) is 0 Å². The van der Waals surface area contributed by atoms with Gasteiger partial charge in [0.25, 0.3) is 11.2 Å². The quantitative estimate of drug-likeness (QED) is 0.615. The second-order valence-electron chi connectivity index (χ2n) is 5.01. The Morgan fingerprint density at radius 2 is 1.67 bits per heavy atom. The average molecular weight is 289 g/mol. The topological polar surface area (TPSA) is 87.1 Å². The van der Waals surface area contributed by atoms with Crippen LogP contribution in [-0.4, -0.2) is 14.1 Å². The first kappa shape index (κ1) is 14.7. The maximum atomic E-state index is 12.2. The largest absolute Gasteiger partial charge is 0.330 e. The van der Waals surface area contributed by atoms with Crippen LogP contribution in [0.25, 0.3) is 11.1 Å². The Morgan fingerprint density at radius 3 is 2.24 bits per heavy atom. The second-order valence-corrected chi connectivity index (χ2v) is 5.01. The van der Waals surface area contributed by atoms with E-state index in [1.54, 1.807) is 19.9 Å². The molecule has 7 heteroatoms. The molecule has 1 aromatic heterocycles. The Kier molecular flexibility index (Phi) is 3.51. The normalized spacial score (nSPS) is 10.7. The molecule has 0 radical (unpaired) electrons. The van der Waals surface area contributed by atoms with Gasteiger partial charge in [0.1, 0.15) is 0 Å². The van der Waals surface area contributed by atoms with Crippen molar-refractivity contribution < 1.29 is 4.92 Å². The van der Waals surface area contributed by atoms with Crippen molar-refractivity contribution in [2.24, 2.45) is 14.1 Å². The lowest BCUT2D eigenvalue weighted by Gasteiger charge is -2.10. The zero-order valence-electron chi connectivity index (χ0n) is 12.2. The highest BCUT2D eigenvalue weighted by atomic mass is 16.6. The fraction of sp³-hybridized carbons (Fsp3) is 0.286. The highest BCUT2D eigenvalue weighted by Gasteiger charge is 2.17. The molecule has 0 saturated heterocycles. The Bertz CT molecular complexity index is 862. The van der Waals surface area contributed by atoms with Crippen molar-refractivity contribution >= 4 is 5.69 Å². The van der Waals surface area contributed by atoms with Gasteiger partial charge in [-0.3, -0.25) is 19.5 Å². The maximum absolute atomic E-state index is 12.2. The molecule has 1 aromatic carbocycles. The Balaban J connectivity index is 2.86. The molecule has 0 bridgehead atoms. The highest BCUT2D eigenvalue weighted by Crippen LogP contribution is 2.28. The number of nitrogens with zero attached hydrogens (tertiary/aromatic N) is 3. The lowest BCUT2D eigenvalue weighted by molar-refractivity contribution is -0.385. The van der Waals surface area contributed by atoms with Crippen LogP contribution in [0, 0.1) is 24.0 Å². The minimum Gasteiger partial charge on any atom is -0.303 e. The van der Waals surface area contributed by atoms with Gasteiger partial charge >= 0.3 is 5.69 Å². The van der Waals surface area contributed by atoms with Crippen molar-refractivity contribution in [2.75, 3.05) is 0 Å². The monoisotopic (exact) mass is 289 g/mol. The zero-order chi connectivity index (χ0) is 15.9. The van der Waals surface area contributed by atoms with Gasteiger partial charge in [0, 0.05) is 31.9 Å². The van der Waals surface area contributed by atoms with Gasteiger partial charge < -0.3 is 4.57 Å². The molecule has 0 aliphatic carbocycles. The average Bonchev–Trinajstić information content (AvgIpc) is 2.41. The predicted octanol–water partition coefficient (Wildman–Crippen LogP) is 1.28. The van der Waals surface area contributed by atoms with Gasteiger partial charge in [-0.1, -0.05) is 0 Å². The molecule has 1 heterocycles. The molecule has 0 aliphatic rings. The van der Waals surface area contributed by atoms with Crippen molar-refractivity contribution in [3.05, 3.63) is 60.4 Å². The van der Waals surface area contributed by atoms with Crippen LogP contribution in [0.5, 0.6) is 0 Å². The van der Waals surface area contributed by atoms with Gasteiger partial charge in [-0.25, -0.2) is 4.79 Å². The third-order valence-corrected chi connectivity index (χ3v) is 3.48. The van der Waals surface area contributed by atoms with Crippen LogP contribution in [0.4, 0.5) is 5.69 Å². The maximum Gasteiger partial charge on any atom is 0.330 e. The van der Waals surface area contributed by atoms with Crippen molar-refractivity contribution in [2.45, 2.75) is 13.8 Å². The van der Waals surface area contributed by atoms with Gasteiger partial charge in [-0.05, 0) is 31.0 Å². The summed E-state index contributed by atoms with van der Waals surface area (Å²) < 4.78 is 2.27. The van der Waals surface area contributed by atoms with E-state index < -0.39 is 16.2 Å². The van der Waals surface area contributed by atoms with E-state index in [-0.39, 0.29) is 11.3 Å². The van der Waals surface area contributed by atoms with Gasteiger partial charge in [-0.2, -0.15) is 0 Å². The second kappa shape index (κ2) is 5.01. The SMILES string of the molecule is Cc1cc(C)c([N+](=O)[O-])cc1-c1cn(C)c(=O)n(C)c1=O. The van der Waals surface area contributed by atoms with Gasteiger partial charge in [-0.15, -0.1) is 0 Å². The molecule has 0 fully saturated rings. The minimum absolute atomic E-state index is 0.0495. The molecule has 0 amide bonds. The van der Waals surface area contributed by atoms with E-state index in [2.05, 4.69) is 0 Å². The summed E-state index contributed by atoms with van der Waals surface area (Å²) in [5, 5.41) is 11.1. The summed E-state index contributed by atoms with van der Waals surface area (Å²) in [6.45, 7) is 3.42. The van der Waals surface area contributed by atoms with Gasteiger partial charge in [0.15, 0.2) is 0 Å². The molecule has 0 N–H and O–H groups in total. The molecular formula is C14H15N3O4. The van der Waals surface area contributed by atoms with Crippen molar-refractivity contribution in [1.82, 2.24) is 9.13 Å². The molecule has 0 aliphatic heterocycles. The summed E-state index contributed by atoms with van der Waals surface area (Å²) in [5.41, 5.74) is 1.04. The molecule has 0 atom stereocenters. The van der Waals surface area contributed by atoms with E-state index in [0.29, 0.717) is 11.1 Å². The lowest BCUT2D eigenvalue weighted by atomic mass is 9.99. The van der Waals surface area contributed by atoms with E-state index >= 15 is 0 Å². The third kappa shape index (κ3) is 2.37. The fourth-order valence-electron chi connectivity index (χ4n) is 2.32. The van der Waals surface area contributed by atoms with Crippen LogP contribution < -0.4 is 11.2 Å². The number of hydrogen-bond donors (Lipinski definition) is 0. The van der Waals surface area contributed by atoms with E-state index in [0.717, 1.165) is 10.1 Å². The van der Waals surface area contributed by atoms with Crippen LogP contribution in [-0.2, 0) is 14.1 Å². The Morgan fingerprint density at radius 1 is 1.05 bits per heavy atom. The van der Waals surface area contributed by atoms with E-state index in [4.69, 9.17) is 0 Å². The highest BCUT2D eigenvalue weighted by molar-refractivity contribution is 5.70. The molecule has 0 unspecified atom stereocenters. The summed E-state index contributed by atoms with van der Waals surface area (Å²) in [6, 6.07) is 3.05. The van der Waals surface area contributed by atoms with Crippen molar-refractivity contribution in [3.8, 4) is 11.1 Å². The summed E-state index contributed by atoms with van der Waals surface area (Å²) in [4.78, 5) is 34.5. The number of benzene rings is 1. The van der Waals surface area contributed by atoms with Crippen LogP contribution >= 0.6 is 0 Å². The first-order chi connectivity index (χ1) is 9.73. The van der Waals surface area contributed by atoms with Gasteiger partial charge in [0.05, 0.1) is 10.5 Å². The van der Waals surface area contributed by atoms with Crippen LogP contribution in [0.15, 0.2) is 27.9 Å². The Hall–Kier alpha value is -2.70. The molecule has 0 saturated carbocycles. The minimum atomic E-state index is -0.481. The summed E-state index contributed by atoms with van der Waals surface area (Å²) in [6.07, 6.45) is 1.41. The lowest BCUT2D eigenvalue weighted by Crippen LogP contribution is -2.37. The van der Waals surface area contributed by atoms with Crippen LogP contribution in [0.1, 0.15) is 11.1 Å². The van der Waals surface area contributed by atoms with Crippen molar-refractivity contribution in [3.63, 3.8) is 0 Å². The van der Waals surface area contributed by atoms with Crippen LogP contribution in [0.2, 0.25) is 0 Å². The number of rotatable bonds is 2. The number of aromatic nitrogens is 2. The molecule has 0 spiro atoms. The summed E-state index contributed by atoms with van der Waals surface area (Å²) >= 11 is 0. The van der Waals surface area contributed by atoms with E-state index in [1.165, 1.54) is 30.9 Å². The molecule has 2 rings (SSSR count). The fourth-order valence-corrected chi connectivity index (χ4v) is 2.32. The van der Waals surface area contributed by atoms with Crippen molar-refractivity contribution in [1.29, 1.82) is 0 Å². The molecular weight excluding hydrogens is 274 g/mol. The number of nitro benzene ring substituents is 1. The van der Waals surface area contributed by atoms with E-state index in [1.807, 2.05) is 0 Å². The summed E-state index contributed by atoms with van der Waals surface area (Å²) in [5.74, 6) is 0. The van der Waals surface area contributed by atoms with Gasteiger partial charge in [0.2, 0.25) is 0 Å². The third-order valence-electron chi connectivity index (χ3n) is 3.48. The Labute approximate surface area is 120 Å². The number of nitro groups is 1. The smallest absolute Gasteiger partial charge is 0.303 e. The van der Waals surface area contributed by atoms with E-state index in [9.17, 15) is 19.7 Å². The molecule has 21 heavy (non-hydrogen) atoms. The number of aryl methyl sites for hydroxylation is 3. The molecule has 110 valence electrons. The number of hydrogen-bond acceptors (Lipinski definition) is 4. The zero-order valence-corrected chi connectivity index (χ0v) is 12.2. The molecule has 7 nitrogen and oxygen atoms in total. The predicted molar refractivity (Wildman–Crippen MR) is 78.5 cm³/mol. The first-order valence-corrected chi connectivity index (χ1v) is 6.26. The standard InChI is InChI=1S/C14H15N3O4/c1-8-5-9(2)12(17(20)21)6-10(8)11-7-15(3)14(19)16(4)13(11)18/h5-7H,1-4H3. The first-order valence-electron chi connectivity index (χ1n) is 6.26. The molecule has 2 aromatic rings. The summed E-state index contributed by atoms with van der Waals surface area (Å²) in [7, 11) is 2.91.